The molecule has 0 aromatic rings. The van der Waals surface area contributed by atoms with E-state index in [1.165, 1.54) is 0 Å². The molecule has 1 saturated carbocycles. The predicted molar refractivity (Wildman–Crippen MR) is 35.4 cm³/mol. The van der Waals surface area contributed by atoms with Gasteiger partial charge in [-0.15, -0.1) is 0 Å². The Hall–Kier alpha value is -0.410. The Labute approximate surface area is 59.7 Å². The number of carbonyl (C=O) groups is 1. The van der Waals surface area contributed by atoms with Crippen LogP contribution in [-0.4, -0.2) is 29.2 Å². The van der Waals surface area contributed by atoms with Crippen LogP contribution in [0.1, 0.15) is 12.8 Å². The maximum Gasteiger partial charge on any atom is 0.138 e. The second kappa shape index (κ2) is 3.12. The van der Waals surface area contributed by atoms with E-state index < -0.39 is 0 Å². The Morgan fingerprint density at radius 1 is 1.40 bits per heavy atom. The lowest BCUT2D eigenvalue weighted by molar-refractivity contribution is -0.121. The number of carbonyl (C=O) groups excluding carboxylic acids is 1. The zero-order valence-electron chi connectivity index (χ0n) is 5.79. The number of rotatable bonds is 2. The standard InChI is InChI=1S/C7H12O3/c8-3-5-1-6(4-9)7(10)2-5/h5-6,8-9H,1-4H2/t5-,6+/m1/s1. The second-order valence-corrected chi connectivity index (χ2v) is 2.83. The van der Waals surface area contributed by atoms with E-state index in [9.17, 15) is 4.79 Å². The van der Waals surface area contributed by atoms with Gasteiger partial charge in [0.2, 0.25) is 0 Å². The van der Waals surface area contributed by atoms with Gasteiger partial charge in [0, 0.05) is 18.9 Å². The average Bonchev–Trinajstić information content (AvgIpc) is 2.30. The first-order valence-corrected chi connectivity index (χ1v) is 3.52. The molecule has 0 heterocycles. The van der Waals surface area contributed by atoms with Gasteiger partial charge in [-0.1, -0.05) is 0 Å². The van der Waals surface area contributed by atoms with Crippen LogP contribution < -0.4 is 0 Å². The summed E-state index contributed by atoms with van der Waals surface area (Å²) in [7, 11) is 0. The van der Waals surface area contributed by atoms with Crippen LogP contribution >= 0.6 is 0 Å². The van der Waals surface area contributed by atoms with Gasteiger partial charge in [0.25, 0.3) is 0 Å². The number of hydrogen-bond acceptors (Lipinski definition) is 3. The van der Waals surface area contributed by atoms with E-state index >= 15 is 0 Å². The molecular weight excluding hydrogens is 132 g/mol. The van der Waals surface area contributed by atoms with Gasteiger partial charge in [0.1, 0.15) is 5.78 Å². The summed E-state index contributed by atoms with van der Waals surface area (Å²) in [6.07, 6.45) is 1.10. The molecule has 3 heteroatoms. The third kappa shape index (κ3) is 1.36. The lowest BCUT2D eigenvalue weighted by Crippen LogP contribution is -2.10. The summed E-state index contributed by atoms with van der Waals surface area (Å²) in [6.45, 7) is 0.0115. The van der Waals surface area contributed by atoms with Crippen molar-refractivity contribution in [3.05, 3.63) is 0 Å². The molecule has 1 aliphatic rings. The quantitative estimate of drug-likeness (QED) is 0.552. The number of hydrogen-bond donors (Lipinski definition) is 2. The van der Waals surface area contributed by atoms with E-state index in [1.54, 1.807) is 0 Å². The highest BCUT2D eigenvalue weighted by Crippen LogP contribution is 2.26. The SMILES string of the molecule is O=C1C[C@H](CO)C[C@H]1CO. The third-order valence-corrected chi connectivity index (χ3v) is 2.04. The highest BCUT2D eigenvalue weighted by Gasteiger charge is 2.30. The van der Waals surface area contributed by atoms with E-state index in [-0.39, 0.29) is 30.8 Å². The molecule has 0 aromatic heterocycles. The van der Waals surface area contributed by atoms with Gasteiger partial charge in [-0.2, -0.15) is 0 Å². The molecule has 0 saturated heterocycles. The summed E-state index contributed by atoms with van der Waals surface area (Å²) in [5.41, 5.74) is 0. The van der Waals surface area contributed by atoms with E-state index in [0.717, 1.165) is 0 Å². The fraction of sp³-hybridized carbons (Fsp3) is 0.857. The molecule has 0 radical (unpaired) electrons. The Balaban J connectivity index is 2.44. The normalized spacial score (nSPS) is 33.2. The molecule has 0 amide bonds. The highest BCUT2D eigenvalue weighted by molar-refractivity contribution is 5.83. The molecule has 1 fully saturated rings. The van der Waals surface area contributed by atoms with E-state index in [0.29, 0.717) is 12.8 Å². The summed E-state index contributed by atoms with van der Waals surface area (Å²) in [5, 5.41) is 17.3. The lowest BCUT2D eigenvalue weighted by Gasteiger charge is -2.02. The number of ketones is 1. The van der Waals surface area contributed by atoms with Crippen molar-refractivity contribution in [3.8, 4) is 0 Å². The van der Waals surface area contributed by atoms with Gasteiger partial charge in [0.15, 0.2) is 0 Å². The summed E-state index contributed by atoms with van der Waals surface area (Å²) in [4.78, 5) is 10.9. The number of Topliss-reactive ketones (excluding diaryl/α,β-unsaturated/α-hetero) is 1. The van der Waals surface area contributed by atoms with Crippen molar-refractivity contribution in [1.29, 1.82) is 0 Å². The van der Waals surface area contributed by atoms with Gasteiger partial charge in [-0.25, -0.2) is 0 Å². The molecule has 3 nitrogen and oxygen atoms in total. The Morgan fingerprint density at radius 3 is 2.40 bits per heavy atom. The minimum atomic E-state index is -0.197. The van der Waals surface area contributed by atoms with Crippen LogP contribution in [0, 0.1) is 11.8 Å². The van der Waals surface area contributed by atoms with E-state index in [4.69, 9.17) is 10.2 Å². The first-order valence-electron chi connectivity index (χ1n) is 3.52. The zero-order chi connectivity index (χ0) is 7.56. The molecule has 58 valence electrons. The summed E-state index contributed by atoms with van der Waals surface area (Å²) >= 11 is 0. The largest absolute Gasteiger partial charge is 0.396 e. The van der Waals surface area contributed by atoms with E-state index in [1.807, 2.05) is 0 Å². The van der Waals surface area contributed by atoms with Crippen LogP contribution in [-0.2, 0) is 4.79 Å². The predicted octanol–water partition coefficient (Wildman–Crippen LogP) is -0.434. The monoisotopic (exact) mass is 144 g/mol. The van der Waals surface area contributed by atoms with Gasteiger partial charge in [0.05, 0.1) is 6.61 Å². The molecule has 2 atom stereocenters. The molecule has 0 aromatic carbocycles. The Morgan fingerprint density at radius 2 is 2.10 bits per heavy atom. The Bertz CT molecular complexity index is 133. The molecule has 1 aliphatic carbocycles. The van der Waals surface area contributed by atoms with Crippen LogP contribution in [0.3, 0.4) is 0 Å². The minimum absolute atomic E-state index is 0.0602. The van der Waals surface area contributed by atoms with Crippen molar-refractivity contribution in [3.63, 3.8) is 0 Å². The Kier molecular flexibility index (Phi) is 2.40. The second-order valence-electron chi connectivity index (χ2n) is 2.83. The maximum atomic E-state index is 10.9. The first kappa shape index (κ1) is 7.69. The van der Waals surface area contributed by atoms with Crippen molar-refractivity contribution in [1.82, 2.24) is 0 Å². The van der Waals surface area contributed by atoms with E-state index in [2.05, 4.69) is 0 Å². The maximum absolute atomic E-state index is 10.9. The van der Waals surface area contributed by atoms with Crippen LogP contribution in [0.2, 0.25) is 0 Å². The molecule has 0 unspecified atom stereocenters. The highest BCUT2D eigenvalue weighted by atomic mass is 16.3. The lowest BCUT2D eigenvalue weighted by atomic mass is 10.1. The fourth-order valence-electron chi connectivity index (χ4n) is 1.38. The molecule has 10 heavy (non-hydrogen) atoms. The van der Waals surface area contributed by atoms with Gasteiger partial charge in [-0.05, 0) is 12.3 Å². The van der Waals surface area contributed by atoms with Crippen LogP contribution in [0.25, 0.3) is 0 Å². The molecule has 2 N–H and O–H groups in total. The summed E-state index contributed by atoms with van der Waals surface area (Å²) in [5.74, 6) is 0.00310. The van der Waals surface area contributed by atoms with Gasteiger partial charge in [-0.3, -0.25) is 4.79 Å². The third-order valence-electron chi connectivity index (χ3n) is 2.04. The molecule has 0 aliphatic heterocycles. The molecule has 0 spiro atoms. The molecule has 0 bridgehead atoms. The van der Waals surface area contributed by atoms with Crippen LogP contribution in [0.15, 0.2) is 0 Å². The smallest absolute Gasteiger partial charge is 0.138 e. The van der Waals surface area contributed by atoms with Crippen molar-refractivity contribution < 1.29 is 15.0 Å². The van der Waals surface area contributed by atoms with Crippen molar-refractivity contribution >= 4 is 5.78 Å². The van der Waals surface area contributed by atoms with Crippen molar-refractivity contribution in [2.75, 3.05) is 13.2 Å². The average molecular weight is 144 g/mol. The van der Waals surface area contributed by atoms with Crippen LogP contribution in [0.4, 0.5) is 0 Å². The summed E-state index contributed by atoms with van der Waals surface area (Å²) < 4.78 is 0. The van der Waals surface area contributed by atoms with Crippen LogP contribution in [0.5, 0.6) is 0 Å². The number of aliphatic hydroxyl groups is 2. The zero-order valence-corrected chi connectivity index (χ0v) is 5.79. The van der Waals surface area contributed by atoms with Gasteiger partial charge < -0.3 is 10.2 Å². The molecular formula is C7H12O3. The van der Waals surface area contributed by atoms with Crippen molar-refractivity contribution in [2.24, 2.45) is 11.8 Å². The molecule has 1 rings (SSSR count). The van der Waals surface area contributed by atoms with Gasteiger partial charge >= 0.3 is 0 Å². The van der Waals surface area contributed by atoms with Crippen molar-refractivity contribution in [2.45, 2.75) is 12.8 Å². The first-order chi connectivity index (χ1) is 4.77. The summed E-state index contributed by atoms with van der Waals surface area (Å²) in [6, 6.07) is 0. The minimum Gasteiger partial charge on any atom is -0.396 e. The number of aliphatic hydroxyl groups excluding tert-OH is 2. The fourth-order valence-corrected chi connectivity index (χ4v) is 1.38. The topological polar surface area (TPSA) is 57.5 Å².